The van der Waals surface area contributed by atoms with E-state index in [2.05, 4.69) is 11.4 Å². The van der Waals surface area contributed by atoms with E-state index in [1.165, 1.54) is 0 Å². The summed E-state index contributed by atoms with van der Waals surface area (Å²) < 4.78 is 24.9. The molecule has 1 amide bonds. The van der Waals surface area contributed by atoms with Crippen molar-refractivity contribution in [1.29, 1.82) is 0 Å². The largest absolute Gasteiger partial charge is 0.325 e. The van der Waals surface area contributed by atoms with Crippen molar-refractivity contribution >= 4 is 23.4 Å². The highest BCUT2D eigenvalue weighted by atomic mass is 32.2. The fraction of sp³-hybridized carbons (Fsp3) is 0.357. The second-order valence-electron chi connectivity index (χ2n) is 4.35. The summed E-state index contributed by atoms with van der Waals surface area (Å²) >= 11 is 0.452. The smallest absolute Gasteiger partial charge is 0.288 e. The van der Waals surface area contributed by atoms with Gasteiger partial charge in [0.1, 0.15) is 0 Å². The Hall–Kier alpha value is -1.36. The highest BCUT2D eigenvalue weighted by Gasteiger charge is 2.20. The second kappa shape index (κ2) is 6.70. The number of benzene rings is 1. The molecule has 0 spiro atoms. The van der Waals surface area contributed by atoms with E-state index in [9.17, 15) is 13.6 Å². The number of nitrogens with one attached hydrogen (secondary N) is 1. The van der Waals surface area contributed by atoms with E-state index in [1.807, 2.05) is 6.08 Å². The topological polar surface area (TPSA) is 29.1 Å². The number of hydrogen-bond acceptors (Lipinski definition) is 2. The number of thioether (sulfide) groups is 1. The van der Waals surface area contributed by atoms with Crippen LogP contribution in [0.1, 0.15) is 19.3 Å². The van der Waals surface area contributed by atoms with Gasteiger partial charge in [-0.3, -0.25) is 4.79 Å². The molecule has 5 heteroatoms. The third kappa shape index (κ3) is 4.06. The lowest BCUT2D eigenvalue weighted by atomic mass is 9.93. The third-order valence-electron chi connectivity index (χ3n) is 3.00. The van der Waals surface area contributed by atoms with E-state index in [-0.39, 0.29) is 11.8 Å². The van der Waals surface area contributed by atoms with Gasteiger partial charge in [-0.1, -0.05) is 36.0 Å². The summed E-state index contributed by atoms with van der Waals surface area (Å²) in [5.41, 5.74) is 0.465. The molecule has 1 aromatic rings. The quantitative estimate of drug-likeness (QED) is 0.659. The Labute approximate surface area is 115 Å². The minimum absolute atomic E-state index is 0.0605. The molecule has 19 heavy (non-hydrogen) atoms. The molecule has 1 atom stereocenters. The molecule has 0 saturated heterocycles. The Morgan fingerprint density at radius 1 is 1.32 bits per heavy atom. The average molecular weight is 283 g/mol. The van der Waals surface area contributed by atoms with Crippen molar-refractivity contribution in [2.24, 2.45) is 5.92 Å². The van der Waals surface area contributed by atoms with Gasteiger partial charge >= 0.3 is 0 Å². The summed E-state index contributed by atoms with van der Waals surface area (Å²) in [6.45, 7) is 0. The molecule has 0 saturated carbocycles. The molecule has 1 unspecified atom stereocenters. The number of amides is 1. The van der Waals surface area contributed by atoms with E-state index in [0.29, 0.717) is 22.3 Å². The van der Waals surface area contributed by atoms with Crippen LogP contribution in [0.3, 0.4) is 0 Å². The molecule has 1 aliphatic rings. The maximum atomic E-state index is 12.4. The summed E-state index contributed by atoms with van der Waals surface area (Å²) in [5.74, 6) is -2.64. The van der Waals surface area contributed by atoms with Gasteiger partial charge in [0, 0.05) is 10.8 Å². The van der Waals surface area contributed by atoms with Crippen molar-refractivity contribution in [3.05, 3.63) is 36.4 Å². The summed E-state index contributed by atoms with van der Waals surface area (Å²) in [6, 6.07) is 6.66. The van der Waals surface area contributed by atoms with Gasteiger partial charge in [0.2, 0.25) is 5.91 Å². The monoisotopic (exact) mass is 283 g/mol. The van der Waals surface area contributed by atoms with Crippen LogP contribution < -0.4 is 5.32 Å². The van der Waals surface area contributed by atoms with Crippen LogP contribution in [0.2, 0.25) is 0 Å². The van der Waals surface area contributed by atoms with Crippen molar-refractivity contribution in [3.63, 3.8) is 0 Å². The fourth-order valence-electron chi connectivity index (χ4n) is 2.04. The molecule has 0 heterocycles. The molecular weight excluding hydrogens is 268 g/mol. The van der Waals surface area contributed by atoms with Gasteiger partial charge in [-0.25, -0.2) is 0 Å². The summed E-state index contributed by atoms with van der Waals surface area (Å²) in [4.78, 5) is 12.5. The van der Waals surface area contributed by atoms with E-state index in [1.54, 1.807) is 24.3 Å². The first-order valence-corrected chi connectivity index (χ1v) is 7.04. The van der Waals surface area contributed by atoms with Gasteiger partial charge in [0.25, 0.3) is 5.76 Å². The van der Waals surface area contributed by atoms with Crippen molar-refractivity contribution in [2.45, 2.75) is 29.9 Å². The molecule has 0 aliphatic heterocycles. The molecule has 0 aromatic heterocycles. The molecule has 102 valence electrons. The van der Waals surface area contributed by atoms with Crippen LogP contribution in [0.4, 0.5) is 14.5 Å². The molecular formula is C14H15F2NOS. The number of rotatable bonds is 4. The zero-order valence-electron chi connectivity index (χ0n) is 10.3. The lowest BCUT2D eigenvalue weighted by Crippen LogP contribution is -2.23. The maximum Gasteiger partial charge on any atom is 0.288 e. The first-order chi connectivity index (χ1) is 9.16. The van der Waals surface area contributed by atoms with Crippen molar-refractivity contribution in [1.82, 2.24) is 0 Å². The number of allylic oxidation sites excluding steroid dienone is 2. The van der Waals surface area contributed by atoms with E-state index >= 15 is 0 Å². The third-order valence-corrected chi connectivity index (χ3v) is 3.79. The second-order valence-corrected chi connectivity index (χ2v) is 5.38. The standard InChI is InChI=1S/C14H15F2NOS/c15-14(16)19-12-9-5-4-8-11(12)17-13(18)10-6-2-1-3-7-10/h1-2,4-5,8-10,14H,3,6-7H2,(H,17,18). The van der Waals surface area contributed by atoms with Gasteiger partial charge in [0.15, 0.2) is 0 Å². The van der Waals surface area contributed by atoms with E-state index in [0.717, 1.165) is 19.3 Å². The summed E-state index contributed by atoms with van der Waals surface area (Å²) in [7, 11) is 0. The molecule has 0 bridgehead atoms. The van der Waals surface area contributed by atoms with Crippen LogP contribution in [-0.4, -0.2) is 11.7 Å². The van der Waals surface area contributed by atoms with Crippen LogP contribution in [0, 0.1) is 5.92 Å². The molecule has 1 aromatic carbocycles. The van der Waals surface area contributed by atoms with Crippen molar-refractivity contribution in [3.8, 4) is 0 Å². The highest BCUT2D eigenvalue weighted by molar-refractivity contribution is 7.99. The number of carbonyl (C=O) groups excluding carboxylic acids is 1. The van der Waals surface area contributed by atoms with Crippen LogP contribution in [0.5, 0.6) is 0 Å². The van der Waals surface area contributed by atoms with Gasteiger partial charge < -0.3 is 5.32 Å². The maximum absolute atomic E-state index is 12.4. The zero-order chi connectivity index (χ0) is 13.7. The molecule has 1 aliphatic carbocycles. The molecule has 2 nitrogen and oxygen atoms in total. The molecule has 0 fully saturated rings. The van der Waals surface area contributed by atoms with Crippen molar-refractivity contribution in [2.75, 3.05) is 5.32 Å². The van der Waals surface area contributed by atoms with Crippen LogP contribution >= 0.6 is 11.8 Å². The number of anilines is 1. The number of para-hydroxylation sites is 1. The van der Waals surface area contributed by atoms with Gasteiger partial charge in [-0.2, -0.15) is 8.78 Å². The van der Waals surface area contributed by atoms with Crippen molar-refractivity contribution < 1.29 is 13.6 Å². The van der Waals surface area contributed by atoms with Gasteiger partial charge in [0.05, 0.1) is 5.69 Å². The lowest BCUT2D eigenvalue weighted by molar-refractivity contribution is -0.120. The van der Waals surface area contributed by atoms with E-state index in [4.69, 9.17) is 0 Å². The SMILES string of the molecule is O=C(Nc1ccccc1SC(F)F)C1CC=CCC1. The Morgan fingerprint density at radius 2 is 2.11 bits per heavy atom. The molecule has 0 radical (unpaired) electrons. The fourth-order valence-corrected chi connectivity index (χ4v) is 2.63. The van der Waals surface area contributed by atoms with Crippen LogP contribution in [-0.2, 0) is 4.79 Å². The Balaban J connectivity index is 2.05. The Bertz CT molecular complexity index is 476. The molecule has 2 rings (SSSR count). The predicted octanol–water partition coefficient (Wildman–Crippen LogP) is 4.30. The van der Waals surface area contributed by atoms with Crippen LogP contribution in [0.25, 0.3) is 0 Å². The summed E-state index contributed by atoms with van der Waals surface area (Å²) in [5, 5.41) is 2.76. The zero-order valence-corrected chi connectivity index (χ0v) is 11.1. The minimum atomic E-state index is -2.49. The first-order valence-electron chi connectivity index (χ1n) is 6.16. The summed E-state index contributed by atoms with van der Waals surface area (Å²) in [6.07, 6.45) is 6.48. The van der Waals surface area contributed by atoms with Gasteiger partial charge in [-0.05, 0) is 31.4 Å². The number of halogens is 2. The number of alkyl halides is 2. The average Bonchev–Trinajstić information content (AvgIpc) is 2.41. The Kier molecular flexibility index (Phi) is 4.96. The predicted molar refractivity (Wildman–Crippen MR) is 73.4 cm³/mol. The van der Waals surface area contributed by atoms with Gasteiger partial charge in [-0.15, -0.1) is 0 Å². The minimum Gasteiger partial charge on any atom is -0.325 e. The highest BCUT2D eigenvalue weighted by Crippen LogP contribution is 2.32. The number of hydrogen-bond donors (Lipinski definition) is 1. The van der Waals surface area contributed by atoms with E-state index < -0.39 is 5.76 Å². The Morgan fingerprint density at radius 3 is 2.79 bits per heavy atom. The number of carbonyl (C=O) groups is 1. The first kappa shape index (κ1) is 14.1. The molecule has 1 N–H and O–H groups in total. The van der Waals surface area contributed by atoms with Crippen LogP contribution in [0.15, 0.2) is 41.3 Å². The lowest BCUT2D eigenvalue weighted by Gasteiger charge is -2.18. The normalized spacial score (nSPS) is 18.6.